The zero-order valence-corrected chi connectivity index (χ0v) is 21.0. The van der Waals surface area contributed by atoms with E-state index in [1.165, 1.54) is 22.3 Å². The van der Waals surface area contributed by atoms with Crippen LogP contribution in [0.15, 0.2) is 54.9 Å². The Bertz CT molecular complexity index is 1200. The highest BCUT2D eigenvalue weighted by Crippen LogP contribution is 2.29. The summed E-state index contributed by atoms with van der Waals surface area (Å²) < 4.78 is 0. The highest BCUT2D eigenvalue weighted by Gasteiger charge is 2.09. The van der Waals surface area contributed by atoms with Gasteiger partial charge in [0.25, 0.3) is 0 Å². The molecule has 2 heterocycles. The lowest BCUT2D eigenvalue weighted by atomic mass is 9.97. The number of aromatic nitrogens is 4. The first-order chi connectivity index (χ1) is 17.2. The quantitative estimate of drug-likeness (QED) is 0.168. The second-order valence-corrected chi connectivity index (χ2v) is 8.45. The largest absolute Gasteiger partial charge is 0.341 e. The van der Waals surface area contributed by atoms with Crippen LogP contribution in [-0.4, -0.2) is 33.0 Å². The molecule has 0 bridgehead atoms. The minimum atomic E-state index is 0.768. The predicted octanol–water partition coefficient (Wildman–Crippen LogP) is 5.69. The molecule has 0 aliphatic rings. The standard InChI is InChI=1S/C27H34N6.C2H2/c1-4-12-28-17-26-30-15-24(32-26)21-8-6-20(7-9-21)22-10-11-23(19(3)14-22)25-16-31-27(33-25)18-29-13-5-2;1-2/h6-11,14-16,28-29H,4-5,12-13,17-18H2,1-3H3,(H,30,32)(H,31,33);1-2H. The summed E-state index contributed by atoms with van der Waals surface area (Å²) in [5.74, 6) is 1.94. The molecule has 0 spiro atoms. The van der Waals surface area contributed by atoms with Gasteiger partial charge in [-0.3, -0.25) is 0 Å². The average Bonchev–Trinajstić information content (AvgIpc) is 3.56. The first-order valence-corrected chi connectivity index (χ1v) is 12.2. The first kappa shape index (κ1) is 26.0. The van der Waals surface area contributed by atoms with Crippen LogP contribution in [0, 0.1) is 19.8 Å². The van der Waals surface area contributed by atoms with Gasteiger partial charge in [0.2, 0.25) is 0 Å². The van der Waals surface area contributed by atoms with Gasteiger partial charge in [0.1, 0.15) is 11.6 Å². The molecular weight excluding hydrogens is 432 g/mol. The van der Waals surface area contributed by atoms with Crippen LogP contribution in [0.3, 0.4) is 0 Å². The van der Waals surface area contributed by atoms with Crippen LogP contribution in [-0.2, 0) is 13.1 Å². The highest BCUT2D eigenvalue weighted by molar-refractivity contribution is 5.73. The van der Waals surface area contributed by atoms with Crippen LogP contribution in [0.25, 0.3) is 33.6 Å². The molecule has 0 amide bonds. The predicted molar refractivity (Wildman–Crippen MR) is 146 cm³/mol. The Kier molecular flexibility index (Phi) is 9.85. The van der Waals surface area contributed by atoms with Gasteiger partial charge in [-0.2, -0.15) is 0 Å². The minimum Gasteiger partial charge on any atom is -0.341 e. The molecule has 0 atom stereocenters. The summed E-state index contributed by atoms with van der Waals surface area (Å²) in [6, 6.07) is 15.3. The molecule has 0 saturated heterocycles. The van der Waals surface area contributed by atoms with E-state index in [2.05, 4.69) is 107 Å². The molecule has 182 valence electrons. The molecule has 2 aromatic carbocycles. The fourth-order valence-corrected chi connectivity index (χ4v) is 3.94. The van der Waals surface area contributed by atoms with Gasteiger partial charge in [0, 0.05) is 5.56 Å². The van der Waals surface area contributed by atoms with Crippen LogP contribution >= 0.6 is 0 Å². The molecule has 4 N–H and O–H groups in total. The van der Waals surface area contributed by atoms with Crippen LogP contribution in [0.1, 0.15) is 43.9 Å². The highest BCUT2D eigenvalue weighted by atomic mass is 15.0. The van der Waals surface area contributed by atoms with E-state index in [-0.39, 0.29) is 0 Å². The van der Waals surface area contributed by atoms with Crippen LogP contribution in [0.5, 0.6) is 0 Å². The van der Waals surface area contributed by atoms with E-state index < -0.39 is 0 Å². The molecule has 2 aromatic heterocycles. The number of rotatable bonds is 11. The van der Waals surface area contributed by atoms with E-state index in [1.807, 2.05) is 12.4 Å². The van der Waals surface area contributed by atoms with Crippen molar-refractivity contribution in [2.45, 2.75) is 46.7 Å². The molecule has 0 aliphatic heterocycles. The molecule has 4 rings (SSSR count). The Labute approximate surface area is 209 Å². The Morgan fingerprint density at radius 1 is 0.714 bits per heavy atom. The number of aryl methyl sites for hydroxylation is 1. The van der Waals surface area contributed by atoms with Gasteiger partial charge in [-0.1, -0.05) is 56.3 Å². The number of nitrogens with zero attached hydrogens (tertiary/aromatic N) is 2. The number of nitrogens with one attached hydrogen (secondary N) is 4. The fraction of sp³-hybridized carbons (Fsp3) is 0.310. The van der Waals surface area contributed by atoms with Crippen LogP contribution in [0.2, 0.25) is 0 Å². The molecular formula is C29H36N6. The van der Waals surface area contributed by atoms with Crippen molar-refractivity contribution in [1.82, 2.24) is 30.6 Å². The lowest BCUT2D eigenvalue weighted by Crippen LogP contribution is -2.14. The van der Waals surface area contributed by atoms with Crippen molar-refractivity contribution in [2.75, 3.05) is 13.1 Å². The first-order valence-electron chi connectivity index (χ1n) is 12.2. The van der Waals surface area contributed by atoms with E-state index in [1.54, 1.807) is 0 Å². The Morgan fingerprint density at radius 2 is 1.23 bits per heavy atom. The summed E-state index contributed by atoms with van der Waals surface area (Å²) >= 11 is 0. The fourth-order valence-electron chi connectivity index (χ4n) is 3.94. The molecule has 6 heteroatoms. The van der Waals surface area contributed by atoms with Gasteiger partial charge < -0.3 is 20.6 Å². The van der Waals surface area contributed by atoms with Crippen molar-refractivity contribution < 1.29 is 0 Å². The third kappa shape index (κ3) is 6.92. The van der Waals surface area contributed by atoms with E-state index >= 15 is 0 Å². The lowest BCUT2D eigenvalue weighted by molar-refractivity contribution is 0.655. The van der Waals surface area contributed by atoms with E-state index in [4.69, 9.17) is 0 Å². The zero-order valence-electron chi connectivity index (χ0n) is 21.0. The van der Waals surface area contributed by atoms with E-state index in [0.717, 1.165) is 67.6 Å². The van der Waals surface area contributed by atoms with E-state index in [9.17, 15) is 0 Å². The maximum Gasteiger partial charge on any atom is 0.120 e. The summed E-state index contributed by atoms with van der Waals surface area (Å²) in [5.41, 5.74) is 8.07. The Balaban J connectivity index is 0.00000167. The number of H-pyrrole nitrogens is 2. The van der Waals surface area contributed by atoms with Crippen molar-refractivity contribution in [2.24, 2.45) is 0 Å². The molecule has 6 nitrogen and oxygen atoms in total. The van der Waals surface area contributed by atoms with Crippen molar-refractivity contribution in [3.63, 3.8) is 0 Å². The number of benzene rings is 2. The smallest absolute Gasteiger partial charge is 0.120 e. The van der Waals surface area contributed by atoms with Gasteiger partial charge in [-0.05, 0) is 55.1 Å². The topological polar surface area (TPSA) is 81.4 Å². The maximum absolute atomic E-state index is 4.52. The maximum atomic E-state index is 4.52. The number of hydrogen-bond donors (Lipinski definition) is 4. The van der Waals surface area contributed by atoms with Gasteiger partial charge in [0.15, 0.2) is 0 Å². The van der Waals surface area contributed by atoms with Crippen molar-refractivity contribution >= 4 is 0 Å². The molecule has 35 heavy (non-hydrogen) atoms. The number of hydrogen-bond acceptors (Lipinski definition) is 4. The Hall–Kier alpha value is -3.66. The number of imidazole rings is 2. The molecule has 4 aromatic rings. The summed E-state index contributed by atoms with van der Waals surface area (Å²) in [4.78, 5) is 15.9. The molecule has 0 saturated carbocycles. The minimum absolute atomic E-state index is 0.768. The second kappa shape index (κ2) is 13.3. The van der Waals surface area contributed by atoms with Gasteiger partial charge >= 0.3 is 0 Å². The SMILES string of the molecule is C#C.CCCNCc1ncc(-c2ccc(-c3ccc(-c4cnc(CNCCC)[nH]4)c(C)c3)cc2)[nH]1. The van der Waals surface area contributed by atoms with Crippen molar-refractivity contribution in [1.29, 1.82) is 0 Å². The molecule has 0 unspecified atom stereocenters. The van der Waals surface area contributed by atoms with E-state index in [0.29, 0.717) is 0 Å². The lowest BCUT2D eigenvalue weighted by Gasteiger charge is -2.08. The Morgan fingerprint density at radius 3 is 1.80 bits per heavy atom. The normalized spacial score (nSPS) is 10.7. The molecule has 0 aliphatic carbocycles. The van der Waals surface area contributed by atoms with Gasteiger partial charge in [-0.15, -0.1) is 12.8 Å². The van der Waals surface area contributed by atoms with Crippen LogP contribution in [0.4, 0.5) is 0 Å². The second-order valence-electron chi connectivity index (χ2n) is 8.45. The molecule has 0 fully saturated rings. The summed E-state index contributed by atoms with van der Waals surface area (Å²) in [6.45, 7) is 10.0. The summed E-state index contributed by atoms with van der Waals surface area (Å²) in [5, 5.41) is 6.77. The molecule has 0 radical (unpaired) electrons. The van der Waals surface area contributed by atoms with Gasteiger partial charge in [0.05, 0.1) is 36.9 Å². The van der Waals surface area contributed by atoms with Crippen LogP contribution < -0.4 is 10.6 Å². The average molecular weight is 469 g/mol. The summed E-state index contributed by atoms with van der Waals surface area (Å²) in [6.07, 6.45) is 14.1. The number of aromatic amines is 2. The van der Waals surface area contributed by atoms with Crippen molar-refractivity contribution in [3.8, 4) is 46.5 Å². The monoisotopic (exact) mass is 468 g/mol. The van der Waals surface area contributed by atoms with Crippen molar-refractivity contribution in [3.05, 3.63) is 72.1 Å². The number of terminal acetylenes is 1. The summed E-state index contributed by atoms with van der Waals surface area (Å²) in [7, 11) is 0. The van der Waals surface area contributed by atoms with Gasteiger partial charge in [-0.25, -0.2) is 9.97 Å². The third-order valence-corrected chi connectivity index (χ3v) is 5.74. The third-order valence-electron chi connectivity index (χ3n) is 5.74. The zero-order chi connectivity index (χ0) is 25.0.